The second kappa shape index (κ2) is 5.90. The molecule has 2 N–H and O–H groups in total. The first-order chi connectivity index (χ1) is 9.02. The van der Waals surface area contributed by atoms with Crippen LogP contribution in [-0.2, 0) is 4.74 Å². The third-order valence-electron chi connectivity index (χ3n) is 3.44. The Labute approximate surface area is 117 Å². The van der Waals surface area contributed by atoms with E-state index in [1.807, 2.05) is 13.0 Å². The predicted molar refractivity (Wildman–Crippen MR) is 73.5 cm³/mol. The van der Waals surface area contributed by atoms with E-state index in [9.17, 15) is 9.90 Å². The fraction of sp³-hybridized carbons (Fsp3) is 0.500. The lowest BCUT2D eigenvalue weighted by Crippen LogP contribution is -2.46. The Morgan fingerprint density at radius 1 is 1.47 bits per heavy atom. The predicted octanol–water partition coefficient (Wildman–Crippen LogP) is 1.92. The van der Waals surface area contributed by atoms with Crippen LogP contribution in [-0.4, -0.2) is 36.4 Å². The molecule has 1 saturated heterocycles. The standard InChI is InChI=1S/C14H18ClNO3/c1-10-3-2-4-11(12(10)15)13(17)16-9-14(18)5-7-19-8-6-14/h2-4,18H,5-9H2,1H3,(H,16,17). The molecular weight excluding hydrogens is 266 g/mol. The fourth-order valence-corrected chi connectivity index (χ4v) is 2.30. The van der Waals surface area contributed by atoms with Crippen LogP contribution in [0.1, 0.15) is 28.8 Å². The number of nitrogens with one attached hydrogen (secondary N) is 1. The summed E-state index contributed by atoms with van der Waals surface area (Å²) in [4.78, 5) is 12.1. The second-order valence-corrected chi connectivity index (χ2v) is 5.33. The number of hydrogen-bond acceptors (Lipinski definition) is 3. The van der Waals surface area contributed by atoms with E-state index < -0.39 is 5.60 Å². The Hall–Kier alpha value is -1.10. The van der Waals surface area contributed by atoms with Crippen molar-refractivity contribution >= 4 is 17.5 Å². The van der Waals surface area contributed by atoms with Crippen molar-refractivity contribution in [1.29, 1.82) is 0 Å². The van der Waals surface area contributed by atoms with Gasteiger partial charge in [0.05, 0.1) is 16.2 Å². The van der Waals surface area contributed by atoms with Crippen molar-refractivity contribution in [3.05, 3.63) is 34.3 Å². The Kier molecular flexibility index (Phi) is 4.45. The average Bonchev–Trinajstić information content (AvgIpc) is 2.40. The van der Waals surface area contributed by atoms with E-state index in [-0.39, 0.29) is 12.5 Å². The van der Waals surface area contributed by atoms with Gasteiger partial charge < -0.3 is 15.2 Å². The van der Waals surface area contributed by atoms with Crippen molar-refractivity contribution in [2.45, 2.75) is 25.4 Å². The van der Waals surface area contributed by atoms with Crippen molar-refractivity contribution in [2.75, 3.05) is 19.8 Å². The number of amides is 1. The zero-order valence-corrected chi connectivity index (χ0v) is 11.7. The van der Waals surface area contributed by atoms with Gasteiger partial charge in [0.15, 0.2) is 0 Å². The number of halogens is 1. The van der Waals surface area contributed by atoms with E-state index in [2.05, 4.69) is 5.32 Å². The van der Waals surface area contributed by atoms with Crippen LogP contribution < -0.4 is 5.32 Å². The number of carbonyl (C=O) groups excluding carboxylic acids is 1. The number of hydrogen-bond donors (Lipinski definition) is 2. The molecule has 0 unspecified atom stereocenters. The molecule has 1 amide bonds. The second-order valence-electron chi connectivity index (χ2n) is 4.96. The number of rotatable bonds is 3. The van der Waals surface area contributed by atoms with Gasteiger partial charge in [-0.25, -0.2) is 0 Å². The van der Waals surface area contributed by atoms with Crippen molar-refractivity contribution in [1.82, 2.24) is 5.32 Å². The van der Waals surface area contributed by atoms with Crippen LogP contribution in [0.5, 0.6) is 0 Å². The molecular formula is C14H18ClNO3. The molecule has 2 rings (SSSR count). The summed E-state index contributed by atoms with van der Waals surface area (Å²) in [5, 5.41) is 13.5. The maximum atomic E-state index is 12.1. The zero-order valence-electron chi connectivity index (χ0n) is 10.9. The van der Waals surface area contributed by atoms with Gasteiger partial charge in [0.25, 0.3) is 5.91 Å². The van der Waals surface area contributed by atoms with Gasteiger partial charge in [0.2, 0.25) is 0 Å². The summed E-state index contributed by atoms with van der Waals surface area (Å²) in [5.74, 6) is -0.256. The highest BCUT2D eigenvalue weighted by Crippen LogP contribution is 2.22. The lowest BCUT2D eigenvalue weighted by Gasteiger charge is -2.32. The maximum Gasteiger partial charge on any atom is 0.252 e. The number of aryl methyl sites for hydroxylation is 1. The molecule has 1 aliphatic heterocycles. The summed E-state index contributed by atoms with van der Waals surface area (Å²) in [7, 11) is 0. The third kappa shape index (κ3) is 3.47. The molecule has 0 radical (unpaired) electrons. The van der Waals surface area contributed by atoms with Crippen LogP contribution in [0.4, 0.5) is 0 Å². The van der Waals surface area contributed by atoms with E-state index in [1.54, 1.807) is 12.1 Å². The zero-order chi connectivity index (χ0) is 13.9. The molecule has 1 heterocycles. The molecule has 104 valence electrons. The van der Waals surface area contributed by atoms with Gasteiger partial charge in [-0.3, -0.25) is 4.79 Å². The summed E-state index contributed by atoms with van der Waals surface area (Å²) >= 11 is 6.10. The quantitative estimate of drug-likeness (QED) is 0.891. The summed E-state index contributed by atoms with van der Waals surface area (Å²) in [5.41, 5.74) is 0.431. The summed E-state index contributed by atoms with van der Waals surface area (Å²) in [6.45, 7) is 3.12. The molecule has 0 aromatic heterocycles. The lowest BCUT2D eigenvalue weighted by atomic mass is 9.94. The van der Waals surface area contributed by atoms with Crippen LogP contribution in [0.25, 0.3) is 0 Å². The number of carbonyl (C=O) groups is 1. The van der Waals surface area contributed by atoms with Gasteiger partial charge in [-0.1, -0.05) is 23.7 Å². The molecule has 1 aliphatic rings. The smallest absolute Gasteiger partial charge is 0.252 e. The van der Waals surface area contributed by atoms with Crippen LogP contribution in [0.3, 0.4) is 0 Å². The SMILES string of the molecule is Cc1cccc(C(=O)NCC2(O)CCOCC2)c1Cl. The van der Waals surface area contributed by atoms with E-state index in [0.717, 1.165) is 5.56 Å². The minimum Gasteiger partial charge on any atom is -0.388 e. The van der Waals surface area contributed by atoms with Gasteiger partial charge in [-0.2, -0.15) is 0 Å². The fourth-order valence-electron chi connectivity index (χ4n) is 2.09. The third-order valence-corrected chi connectivity index (χ3v) is 3.94. The Bertz CT molecular complexity index is 470. The first-order valence-electron chi connectivity index (χ1n) is 6.35. The molecule has 4 nitrogen and oxygen atoms in total. The minimum atomic E-state index is -0.871. The number of ether oxygens (including phenoxy) is 1. The Balaban J connectivity index is 1.99. The minimum absolute atomic E-state index is 0.222. The molecule has 1 aromatic carbocycles. The van der Waals surface area contributed by atoms with Crippen LogP contribution in [0.2, 0.25) is 5.02 Å². The highest BCUT2D eigenvalue weighted by atomic mass is 35.5. The number of aliphatic hydroxyl groups is 1. The summed E-state index contributed by atoms with van der Waals surface area (Å²) in [6.07, 6.45) is 1.07. The van der Waals surface area contributed by atoms with Gasteiger partial charge >= 0.3 is 0 Å². The topological polar surface area (TPSA) is 58.6 Å². The first-order valence-corrected chi connectivity index (χ1v) is 6.73. The highest BCUT2D eigenvalue weighted by Gasteiger charge is 2.30. The van der Waals surface area contributed by atoms with E-state index in [1.165, 1.54) is 0 Å². The summed E-state index contributed by atoms with van der Waals surface area (Å²) in [6, 6.07) is 5.32. The van der Waals surface area contributed by atoms with Crippen molar-refractivity contribution < 1.29 is 14.6 Å². The van der Waals surface area contributed by atoms with Crippen molar-refractivity contribution in [3.63, 3.8) is 0 Å². The van der Waals surface area contributed by atoms with Gasteiger partial charge in [0.1, 0.15) is 0 Å². The van der Waals surface area contributed by atoms with Gasteiger partial charge in [-0.15, -0.1) is 0 Å². The molecule has 19 heavy (non-hydrogen) atoms. The average molecular weight is 284 g/mol. The normalized spacial score (nSPS) is 18.1. The Morgan fingerprint density at radius 2 is 2.16 bits per heavy atom. The molecule has 0 saturated carbocycles. The van der Waals surface area contributed by atoms with E-state index in [4.69, 9.17) is 16.3 Å². The van der Waals surface area contributed by atoms with E-state index >= 15 is 0 Å². The van der Waals surface area contributed by atoms with Crippen LogP contribution in [0, 0.1) is 6.92 Å². The van der Waals surface area contributed by atoms with E-state index in [0.29, 0.717) is 36.6 Å². The molecule has 0 spiro atoms. The first kappa shape index (κ1) is 14.3. The highest BCUT2D eigenvalue weighted by molar-refractivity contribution is 6.34. The molecule has 1 fully saturated rings. The molecule has 1 aromatic rings. The van der Waals surface area contributed by atoms with Crippen LogP contribution >= 0.6 is 11.6 Å². The van der Waals surface area contributed by atoms with Crippen molar-refractivity contribution in [2.24, 2.45) is 0 Å². The molecule has 0 bridgehead atoms. The Morgan fingerprint density at radius 3 is 2.84 bits per heavy atom. The monoisotopic (exact) mass is 283 g/mol. The van der Waals surface area contributed by atoms with Crippen molar-refractivity contribution in [3.8, 4) is 0 Å². The largest absolute Gasteiger partial charge is 0.388 e. The van der Waals surface area contributed by atoms with Crippen LogP contribution in [0.15, 0.2) is 18.2 Å². The maximum absolute atomic E-state index is 12.1. The number of benzene rings is 1. The molecule has 0 atom stereocenters. The van der Waals surface area contributed by atoms with Gasteiger partial charge in [-0.05, 0) is 18.6 Å². The molecule has 0 aliphatic carbocycles. The van der Waals surface area contributed by atoms with Gasteiger partial charge in [0, 0.05) is 32.6 Å². The lowest BCUT2D eigenvalue weighted by molar-refractivity contribution is -0.0605. The summed E-state index contributed by atoms with van der Waals surface area (Å²) < 4.78 is 5.20. The molecule has 5 heteroatoms.